The first-order valence-electron chi connectivity index (χ1n) is 9.45. The van der Waals surface area contributed by atoms with Crippen molar-refractivity contribution in [3.8, 4) is 11.1 Å². The summed E-state index contributed by atoms with van der Waals surface area (Å²) < 4.78 is 1.50. The van der Waals surface area contributed by atoms with Gasteiger partial charge in [0, 0.05) is 27.7 Å². The molecule has 3 aromatic carbocycles. The lowest BCUT2D eigenvalue weighted by atomic mass is 10.0. The second kappa shape index (κ2) is 8.89. The van der Waals surface area contributed by atoms with Gasteiger partial charge in [-0.3, -0.25) is 19.4 Å². The van der Waals surface area contributed by atoms with Crippen molar-refractivity contribution in [3.63, 3.8) is 0 Å². The first kappa shape index (κ1) is 21.1. The number of amides is 1. The highest BCUT2D eigenvalue weighted by molar-refractivity contribution is 6.39. The predicted molar refractivity (Wildman–Crippen MR) is 121 cm³/mol. The molecule has 4 aromatic rings. The van der Waals surface area contributed by atoms with Gasteiger partial charge in [0.2, 0.25) is 0 Å². The molecule has 0 fully saturated rings. The number of benzene rings is 3. The van der Waals surface area contributed by atoms with E-state index in [-0.39, 0.29) is 11.1 Å². The Hall–Kier alpha value is -3.19. The Morgan fingerprint density at radius 2 is 1.77 bits per heavy atom. The zero-order chi connectivity index (χ0) is 22.0. The Balaban J connectivity index is 1.62. The van der Waals surface area contributed by atoms with Crippen molar-refractivity contribution in [2.24, 2.45) is 0 Å². The summed E-state index contributed by atoms with van der Waals surface area (Å²) in [5.74, 6) is -0.688. The fraction of sp³-hybridized carbons (Fsp3) is 0.0870. The molecule has 0 unspecified atom stereocenters. The average Bonchev–Trinajstić information content (AvgIpc) is 2.78. The highest BCUT2D eigenvalue weighted by Gasteiger charge is 2.11. The summed E-state index contributed by atoms with van der Waals surface area (Å²) >= 11 is 12.7. The lowest BCUT2D eigenvalue weighted by Gasteiger charge is -2.10. The number of hydrogen-bond acceptors (Lipinski definition) is 4. The highest BCUT2D eigenvalue weighted by Crippen LogP contribution is 2.34. The molecular formula is C23H17Cl2N3O3. The number of carbonyl (C=O) groups excluding carboxylic acids is 1. The van der Waals surface area contributed by atoms with Crippen LogP contribution in [0.2, 0.25) is 10.0 Å². The molecule has 0 aliphatic heterocycles. The number of nitrogens with one attached hydrogen (secondary N) is 1. The van der Waals surface area contributed by atoms with E-state index in [2.05, 4.69) is 4.98 Å². The number of hydroxylamine groups is 1. The molecule has 0 radical (unpaired) electrons. The number of aromatic nitrogens is 2. The molecule has 0 bridgehead atoms. The molecule has 8 heteroatoms. The van der Waals surface area contributed by atoms with Gasteiger partial charge in [-0.1, -0.05) is 53.5 Å². The Morgan fingerprint density at radius 3 is 2.52 bits per heavy atom. The van der Waals surface area contributed by atoms with Gasteiger partial charge in [-0.25, -0.2) is 10.5 Å². The van der Waals surface area contributed by atoms with Gasteiger partial charge < -0.3 is 0 Å². The molecule has 0 aliphatic rings. The lowest BCUT2D eigenvalue weighted by molar-refractivity contribution is 0.0706. The summed E-state index contributed by atoms with van der Waals surface area (Å²) in [7, 11) is 0. The van der Waals surface area contributed by atoms with Crippen molar-refractivity contribution in [2.45, 2.75) is 13.0 Å². The van der Waals surface area contributed by atoms with Crippen LogP contribution in [0.5, 0.6) is 0 Å². The first-order valence-corrected chi connectivity index (χ1v) is 10.2. The van der Waals surface area contributed by atoms with Crippen LogP contribution in [0.25, 0.3) is 22.0 Å². The largest absolute Gasteiger partial charge is 0.298 e. The molecule has 0 saturated carbocycles. The number of rotatable bonds is 5. The molecule has 1 aromatic heterocycles. The van der Waals surface area contributed by atoms with Crippen molar-refractivity contribution in [3.05, 3.63) is 98.5 Å². The summed E-state index contributed by atoms with van der Waals surface area (Å²) in [6.07, 6.45) is 2.07. The van der Waals surface area contributed by atoms with Crippen molar-refractivity contribution >= 4 is 40.0 Å². The smallest absolute Gasteiger partial charge is 0.274 e. The van der Waals surface area contributed by atoms with Gasteiger partial charge >= 0.3 is 0 Å². The van der Waals surface area contributed by atoms with Gasteiger partial charge in [0.15, 0.2) is 0 Å². The lowest BCUT2D eigenvalue weighted by Crippen LogP contribution is -2.23. The predicted octanol–water partition coefficient (Wildman–Crippen LogP) is 4.73. The maximum absolute atomic E-state index is 12.9. The van der Waals surface area contributed by atoms with Crippen LogP contribution in [0, 0.1) is 0 Å². The van der Waals surface area contributed by atoms with Gasteiger partial charge in [-0.05, 0) is 47.9 Å². The number of fused-ring (bicyclic) bond motifs is 1. The summed E-state index contributed by atoms with van der Waals surface area (Å²) in [6, 6.07) is 17.7. The van der Waals surface area contributed by atoms with E-state index in [1.54, 1.807) is 29.7 Å². The summed E-state index contributed by atoms with van der Waals surface area (Å²) in [5.41, 5.74) is 4.64. The van der Waals surface area contributed by atoms with E-state index in [1.165, 1.54) is 23.0 Å². The normalized spacial score (nSPS) is 10.9. The van der Waals surface area contributed by atoms with Gasteiger partial charge in [-0.15, -0.1) is 0 Å². The Labute approximate surface area is 187 Å². The van der Waals surface area contributed by atoms with Crippen LogP contribution in [0.1, 0.15) is 15.9 Å². The van der Waals surface area contributed by atoms with E-state index in [0.717, 1.165) is 16.7 Å². The standard InChI is InChI=1S/C23H17Cl2N3O3/c24-18-5-2-6-19(25)21(18)15-4-1-3-14(11-15)9-10-28-13-26-20-8-7-16(22(29)27-31)12-17(20)23(28)30/h1-8,11-13,31H,9-10H2,(H,27,29). The molecule has 0 aliphatic carbocycles. The molecule has 1 amide bonds. The Morgan fingerprint density at radius 1 is 1.03 bits per heavy atom. The highest BCUT2D eigenvalue weighted by atomic mass is 35.5. The zero-order valence-corrected chi connectivity index (χ0v) is 17.7. The zero-order valence-electron chi connectivity index (χ0n) is 16.2. The van der Waals surface area contributed by atoms with E-state index in [4.69, 9.17) is 28.4 Å². The molecule has 6 nitrogen and oxygen atoms in total. The third kappa shape index (κ3) is 4.32. The topological polar surface area (TPSA) is 84.2 Å². The average molecular weight is 454 g/mol. The quantitative estimate of drug-likeness (QED) is 0.337. The van der Waals surface area contributed by atoms with Crippen LogP contribution in [-0.2, 0) is 13.0 Å². The van der Waals surface area contributed by atoms with E-state index >= 15 is 0 Å². The monoisotopic (exact) mass is 453 g/mol. The fourth-order valence-corrected chi connectivity index (χ4v) is 4.05. The summed E-state index contributed by atoms with van der Waals surface area (Å²) in [4.78, 5) is 28.8. The van der Waals surface area contributed by atoms with E-state index in [0.29, 0.717) is 33.9 Å². The van der Waals surface area contributed by atoms with Crippen LogP contribution < -0.4 is 11.0 Å². The number of hydrogen-bond donors (Lipinski definition) is 2. The maximum atomic E-state index is 12.9. The molecule has 0 saturated heterocycles. The fourth-order valence-electron chi connectivity index (χ4n) is 3.43. The minimum atomic E-state index is -0.688. The molecule has 0 atom stereocenters. The van der Waals surface area contributed by atoms with Gasteiger partial charge in [0.05, 0.1) is 17.2 Å². The number of halogens is 2. The van der Waals surface area contributed by atoms with Crippen LogP contribution in [0.15, 0.2) is 71.8 Å². The molecule has 156 valence electrons. The Kier molecular flexibility index (Phi) is 6.04. The first-order chi connectivity index (χ1) is 15.0. The van der Waals surface area contributed by atoms with Crippen LogP contribution in [-0.4, -0.2) is 20.7 Å². The number of nitrogens with zero attached hydrogens (tertiary/aromatic N) is 2. The van der Waals surface area contributed by atoms with Gasteiger partial charge in [-0.2, -0.15) is 0 Å². The molecule has 1 heterocycles. The van der Waals surface area contributed by atoms with E-state index in [1.807, 2.05) is 24.3 Å². The number of aryl methyl sites for hydroxylation is 2. The third-order valence-electron chi connectivity index (χ3n) is 5.01. The van der Waals surface area contributed by atoms with Gasteiger partial charge in [0.25, 0.3) is 11.5 Å². The third-order valence-corrected chi connectivity index (χ3v) is 5.64. The van der Waals surface area contributed by atoms with Crippen LogP contribution in [0.3, 0.4) is 0 Å². The number of carbonyl (C=O) groups is 1. The van der Waals surface area contributed by atoms with E-state index < -0.39 is 5.91 Å². The van der Waals surface area contributed by atoms with Crippen molar-refractivity contribution < 1.29 is 10.0 Å². The van der Waals surface area contributed by atoms with Crippen molar-refractivity contribution in [1.29, 1.82) is 0 Å². The van der Waals surface area contributed by atoms with Gasteiger partial charge in [0.1, 0.15) is 0 Å². The maximum Gasteiger partial charge on any atom is 0.274 e. The minimum absolute atomic E-state index is 0.177. The molecule has 4 rings (SSSR count). The second-order valence-electron chi connectivity index (χ2n) is 6.96. The molecule has 0 spiro atoms. The van der Waals surface area contributed by atoms with Crippen LogP contribution in [0.4, 0.5) is 0 Å². The molecular weight excluding hydrogens is 437 g/mol. The summed E-state index contributed by atoms with van der Waals surface area (Å²) in [5, 5.41) is 10.3. The summed E-state index contributed by atoms with van der Waals surface area (Å²) in [6.45, 7) is 0.401. The minimum Gasteiger partial charge on any atom is -0.298 e. The molecule has 2 N–H and O–H groups in total. The Bertz CT molecular complexity index is 1330. The van der Waals surface area contributed by atoms with E-state index in [9.17, 15) is 9.59 Å². The second-order valence-corrected chi connectivity index (χ2v) is 7.78. The van der Waals surface area contributed by atoms with Crippen LogP contribution >= 0.6 is 23.2 Å². The van der Waals surface area contributed by atoms with Crippen molar-refractivity contribution in [1.82, 2.24) is 15.0 Å². The van der Waals surface area contributed by atoms with Crippen molar-refractivity contribution in [2.75, 3.05) is 0 Å². The molecule has 31 heavy (non-hydrogen) atoms. The SMILES string of the molecule is O=C(NO)c1ccc2ncn(CCc3cccc(-c4c(Cl)cccc4Cl)c3)c(=O)c2c1.